The van der Waals surface area contributed by atoms with E-state index in [4.69, 9.17) is 19.2 Å². The number of amides is 1. The van der Waals surface area contributed by atoms with Crippen LogP contribution in [0.2, 0.25) is 0 Å². The van der Waals surface area contributed by atoms with Crippen LogP contribution >= 0.6 is 11.3 Å². The van der Waals surface area contributed by atoms with E-state index < -0.39 is 0 Å². The van der Waals surface area contributed by atoms with E-state index in [0.717, 1.165) is 26.9 Å². The standard InChI is InChI=1S/C27H26N2O4S/c1-18-10-12-21-24(14-18)34-27(28-21)29(17-19-8-6-5-7-9-19)25(30)13-11-20-15-22(31-2)26(33-4)23(16-20)32-3/h5-16H,17H2,1-4H3/b13-11+. The molecule has 4 rings (SSSR count). The van der Waals surface area contributed by atoms with Crippen molar-refractivity contribution in [3.63, 3.8) is 0 Å². The van der Waals surface area contributed by atoms with Gasteiger partial charge in [-0.05, 0) is 54.0 Å². The zero-order valence-corrected chi connectivity index (χ0v) is 20.4. The van der Waals surface area contributed by atoms with Gasteiger partial charge >= 0.3 is 0 Å². The first-order chi connectivity index (χ1) is 16.5. The first-order valence-corrected chi connectivity index (χ1v) is 11.5. The number of methoxy groups -OCH3 is 3. The van der Waals surface area contributed by atoms with E-state index in [1.165, 1.54) is 11.3 Å². The Morgan fingerprint density at radius 2 is 1.68 bits per heavy atom. The Kier molecular flexibility index (Phi) is 7.13. The highest BCUT2D eigenvalue weighted by Crippen LogP contribution is 2.38. The summed E-state index contributed by atoms with van der Waals surface area (Å²) in [6.07, 6.45) is 3.28. The zero-order chi connectivity index (χ0) is 24.1. The summed E-state index contributed by atoms with van der Waals surface area (Å²) < 4.78 is 17.3. The molecule has 0 saturated carbocycles. The Labute approximate surface area is 203 Å². The molecular formula is C27H26N2O4S. The summed E-state index contributed by atoms with van der Waals surface area (Å²) in [5.41, 5.74) is 3.81. The van der Waals surface area contributed by atoms with Gasteiger partial charge in [0, 0.05) is 6.08 Å². The molecule has 1 heterocycles. The molecule has 0 saturated heterocycles. The lowest BCUT2D eigenvalue weighted by atomic mass is 10.1. The van der Waals surface area contributed by atoms with Crippen molar-refractivity contribution in [2.45, 2.75) is 13.5 Å². The molecule has 0 unspecified atom stereocenters. The number of carbonyl (C=O) groups excluding carboxylic acids is 1. The minimum absolute atomic E-state index is 0.173. The second-order valence-electron chi connectivity index (χ2n) is 7.67. The van der Waals surface area contributed by atoms with E-state index in [2.05, 4.69) is 6.07 Å². The van der Waals surface area contributed by atoms with Gasteiger partial charge in [-0.1, -0.05) is 47.7 Å². The lowest BCUT2D eigenvalue weighted by molar-refractivity contribution is -0.114. The average Bonchev–Trinajstić information content (AvgIpc) is 3.28. The molecule has 0 aliphatic heterocycles. The maximum absolute atomic E-state index is 13.4. The van der Waals surface area contributed by atoms with Crippen molar-refractivity contribution in [3.05, 3.63) is 83.4 Å². The molecule has 6 nitrogen and oxygen atoms in total. The van der Waals surface area contributed by atoms with E-state index >= 15 is 0 Å². The predicted octanol–water partition coefficient (Wildman–Crippen LogP) is 5.88. The Bertz CT molecular complexity index is 1310. The molecule has 174 valence electrons. The lowest BCUT2D eigenvalue weighted by Crippen LogP contribution is -2.28. The quantitative estimate of drug-likeness (QED) is 0.299. The molecular weight excluding hydrogens is 448 g/mol. The first kappa shape index (κ1) is 23.3. The molecule has 0 radical (unpaired) electrons. The molecule has 0 spiro atoms. The van der Waals surface area contributed by atoms with Gasteiger partial charge in [-0.15, -0.1) is 0 Å². The number of aryl methyl sites for hydroxylation is 1. The van der Waals surface area contributed by atoms with Crippen LogP contribution in [-0.2, 0) is 11.3 Å². The van der Waals surface area contributed by atoms with Gasteiger partial charge in [0.25, 0.3) is 5.91 Å². The normalized spacial score (nSPS) is 11.1. The van der Waals surface area contributed by atoms with Crippen molar-refractivity contribution in [2.75, 3.05) is 26.2 Å². The van der Waals surface area contributed by atoms with Gasteiger partial charge < -0.3 is 14.2 Å². The number of aromatic nitrogens is 1. The molecule has 0 N–H and O–H groups in total. The van der Waals surface area contributed by atoms with Crippen LogP contribution in [0.5, 0.6) is 17.2 Å². The molecule has 0 atom stereocenters. The third-order valence-corrected chi connectivity index (χ3v) is 6.36. The third-order valence-electron chi connectivity index (χ3n) is 5.32. The summed E-state index contributed by atoms with van der Waals surface area (Å²) in [5.74, 6) is 1.38. The molecule has 0 aliphatic carbocycles. The Morgan fingerprint density at radius 1 is 0.971 bits per heavy atom. The van der Waals surface area contributed by atoms with Gasteiger partial charge in [0.1, 0.15) is 0 Å². The number of hydrogen-bond acceptors (Lipinski definition) is 6. The smallest absolute Gasteiger partial charge is 0.253 e. The maximum atomic E-state index is 13.4. The lowest BCUT2D eigenvalue weighted by Gasteiger charge is -2.18. The summed E-state index contributed by atoms with van der Waals surface area (Å²) in [6.45, 7) is 2.46. The fraction of sp³-hybridized carbons (Fsp3) is 0.185. The van der Waals surface area contributed by atoms with E-state index in [0.29, 0.717) is 28.9 Å². The monoisotopic (exact) mass is 474 g/mol. The molecule has 3 aromatic carbocycles. The van der Waals surface area contributed by atoms with Crippen LogP contribution in [0, 0.1) is 6.92 Å². The summed E-state index contributed by atoms with van der Waals surface area (Å²) in [4.78, 5) is 19.9. The Morgan fingerprint density at radius 3 is 2.32 bits per heavy atom. The van der Waals surface area contributed by atoms with Crippen LogP contribution in [0.4, 0.5) is 5.13 Å². The van der Waals surface area contributed by atoms with Crippen molar-refractivity contribution < 1.29 is 19.0 Å². The van der Waals surface area contributed by atoms with Gasteiger partial charge in [0.15, 0.2) is 16.6 Å². The number of anilines is 1. The van der Waals surface area contributed by atoms with E-state index in [9.17, 15) is 4.79 Å². The van der Waals surface area contributed by atoms with Crippen LogP contribution in [0.1, 0.15) is 16.7 Å². The maximum Gasteiger partial charge on any atom is 0.253 e. The molecule has 1 amide bonds. The average molecular weight is 475 g/mol. The molecule has 7 heteroatoms. The number of rotatable bonds is 8. The van der Waals surface area contributed by atoms with Crippen LogP contribution in [0.3, 0.4) is 0 Å². The van der Waals surface area contributed by atoms with Crippen LogP contribution in [0.15, 0.2) is 66.7 Å². The number of carbonyl (C=O) groups is 1. The largest absolute Gasteiger partial charge is 0.493 e. The second-order valence-corrected chi connectivity index (χ2v) is 8.68. The van der Waals surface area contributed by atoms with Gasteiger partial charge in [0.05, 0.1) is 38.1 Å². The van der Waals surface area contributed by atoms with Crippen LogP contribution in [0.25, 0.3) is 16.3 Å². The number of benzene rings is 3. The minimum Gasteiger partial charge on any atom is -0.493 e. The van der Waals surface area contributed by atoms with Gasteiger partial charge in [-0.2, -0.15) is 0 Å². The van der Waals surface area contributed by atoms with Gasteiger partial charge in [-0.25, -0.2) is 4.98 Å². The topological polar surface area (TPSA) is 60.9 Å². The molecule has 34 heavy (non-hydrogen) atoms. The van der Waals surface area contributed by atoms with Crippen LogP contribution < -0.4 is 19.1 Å². The number of ether oxygens (including phenoxy) is 3. The molecule has 0 fully saturated rings. The van der Waals surface area contributed by atoms with E-state index in [1.54, 1.807) is 50.5 Å². The van der Waals surface area contributed by atoms with Crippen molar-refractivity contribution in [1.82, 2.24) is 4.98 Å². The fourth-order valence-corrected chi connectivity index (χ4v) is 4.66. The highest BCUT2D eigenvalue weighted by atomic mass is 32.1. The predicted molar refractivity (Wildman–Crippen MR) is 137 cm³/mol. The number of thiazole rings is 1. The van der Waals surface area contributed by atoms with E-state index in [1.807, 2.05) is 49.4 Å². The molecule has 0 aliphatic rings. The van der Waals surface area contributed by atoms with Crippen molar-refractivity contribution >= 4 is 38.7 Å². The first-order valence-electron chi connectivity index (χ1n) is 10.7. The summed E-state index contributed by atoms with van der Waals surface area (Å²) in [7, 11) is 4.68. The summed E-state index contributed by atoms with van der Waals surface area (Å²) >= 11 is 1.51. The fourth-order valence-electron chi connectivity index (χ4n) is 3.60. The Hall–Kier alpha value is -3.84. The van der Waals surface area contributed by atoms with Crippen molar-refractivity contribution in [3.8, 4) is 17.2 Å². The zero-order valence-electron chi connectivity index (χ0n) is 19.6. The second kappa shape index (κ2) is 10.4. The SMILES string of the molecule is COc1cc(/C=C/C(=O)N(Cc2ccccc2)c2nc3ccc(C)cc3s2)cc(OC)c1OC. The van der Waals surface area contributed by atoms with Gasteiger partial charge in [-0.3, -0.25) is 9.69 Å². The highest BCUT2D eigenvalue weighted by Gasteiger charge is 2.19. The number of fused-ring (bicyclic) bond motifs is 1. The molecule has 0 bridgehead atoms. The Balaban J connectivity index is 1.68. The molecule has 4 aromatic rings. The third kappa shape index (κ3) is 5.05. The highest BCUT2D eigenvalue weighted by molar-refractivity contribution is 7.22. The van der Waals surface area contributed by atoms with Gasteiger partial charge in [0.2, 0.25) is 5.75 Å². The minimum atomic E-state index is -0.173. The number of nitrogens with zero attached hydrogens (tertiary/aromatic N) is 2. The number of hydrogen-bond donors (Lipinski definition) is 0. The van der Waals surface area contributed by atoms with Crippen molar-refractivity contribution in [1.29, 1.82) is 0 Å². The van der Waals surface area contributed by atoms with Crippen molar-refractivity contribution in [2.24, 2.45) is 0 Å². The summed E-state index contributed by atoms with van der Waals surface area (Å²) in [5, 5.41) is 0.656. The van der Waals surface area contributed by atoms with E-state index in [-0.39, 0.29) is 5.91 Å². The summed E-state index contributed by atoms with van der Waals surface area (Å²) in [6, 6.07) is 19.6. The molecule has 1 aromatic heterocycles. The van der Waals surface area contributed by atoms with Crippen LogP contribution in [-0.4, -0.2) is 32.2 Å².